The van der Waals surface area contributed by atoms with Gasteiger partial charge in [-0.2, -0.15) is 0 Å². The molecular formula is C54H36N4. The molecule has 8 aromatic carbocycles. The number of para-hydroxylation sites is 6. The Bertz CT molecular complexity index is 3810. The minimum Gasteiger partial charge on any atom is -0.308 e. The van der Waals surface area contributed by atoms with E-state index in [0.717, 1.165) is 0 Å². The highest BCUT2D eigenvalue weighted by atomic mass is 15.1. The summed E-state index contributed by atoms with van der Waals surface area (Å²) >= 11 is 0. The largest absolute Gasteiger partial charge is 0.308 e. The number of rotatable bonds is 0. The fourth-order valence-electron chi connectivity index (χ4n) is 12.3. The zero-order chi connectivity index (χ0) is 38.1. The molecule has 0 radical (unpaired) electrons. The molecule has 0 N–H and O–H groups in total. The molecule has 0 fully saturated rings. The first-order valence-corrected chi connectivity index (χ1v) is 20.6. The summed E-state index contributed by atoms with van der Waals surface area (Å²) in [5, 5.41) is 10.5. The number of fused-ring (bicyclic) bond motifs is 20. The van der Waals surface area contributed by atoms with Gasteiger partial charge in [0.2, 0.25) is 0 Å². The summed E-state index contributed by atoms with van der Waals surface area (Å²) in [6, 6.07) is 55.4. The van der Waals surface area contributed by atoms with Gasteiger partial charge in [0.05, 0.1) is 66.5 Å². The second-order valence-electron chi connectivity index (χ2n) is 18.1. The Morgan fingerprint density at radius 3 is 1.10 bits per heavy atom. The fourth-order valence-corrected chi connectivity index (χ4v) is 12.3. The molecular weight excluding hydrogens is 705 g/mol. The lowest BCUT2D eigenvalue weighted by molar-refractivity contribution is 0.631. The number of hydrogen-bond acceptors (Lipinski definition) is 0. The minimum atomic E-state index is -0.255. The van der Waals surface area contributed by atoms with Crippen LogP contribution in [0.3, 0.4) is 0 Å². The van der Waals surface area contributed by atoms with Crippen LogP contribution in [-0.2, 0) is 10.8 Å². The first-order chi connectivity index (χ1) is 28.4. The van der Waals surface area contributed by atoms with Gasteiger partial charge < -0.3 is 17.9 Å². The van der Waals surface area contributed by atoms with Crippen LogP contribution in [-0.4, -0.2) is 17.9 Å². The lowest BCUT2D eigenvalue weighted by Gasteiger charge is -2.36. The molecule has 272 valence electrons. The summed E-state index contributed by atoms with van der Waals surface area (Å²) in [5.41, 5.74) is 20.3. The molecule has 5 aromatic heterocycles. The van der Waals surface area contributed by atoms with Crippen molar-refractivity contribution < 1.29 is 0 Å². The van der Waals surface area contributed by atoms with E-state index >= 15 is 0 Å². The van der Waals surface area contributed by atoms with Crippen LogP contribution in [0.25, 0.3) is 110 Å². The predicted octanol–water partition coefficient (Wildman–Crippen LogP) is 13.7. The Labute approximate surface area is 332 Å². The van der Waals surface area contributed by atoms with Crippen LogP contribution < -0.4 is 0 Å². The van der Waals surface area contributed by atoms with Crippen molar-refractivity contribution in [3.8, 4) is 11.4 Å². The highest BCUT2D eigenvalue weighted by Gasteiger charge is 2.41. The zero-order valence-corrected chi connectivity index (χ0v) is 32.6. The van der Waals surface area contributed by atoms with Gasteiger partial charge in [-0.1, -0.05) is 137 Å². The smallest absolute Gasteiger partial charge is 0.0804 e. The Kier molecular flexibility index (Phi) is 4.88. The van der Waals surface area contributed by atoms with Crippen molar-refractivity contribution in [3.05, 3.63) is 168 Å². The Morgan fingerprint density at radius 1 is 0.310 bits per heavy atom. The van der Waals surface area contributed by atoms with Crippen molar-refractivity contribution in [2.45, 2.75) is 38.5 Å². The molecule has 0 amide bonds. The average molecular weight is 741 g/mol. The van der Waals surface area contributed by atoms with E-state index in [4.69, 9.17) is 0 Å². The molecule has 4 heteroatoms. The molecule has 0 atom stereocenters. The molecule has 2 aliphatic heterocycles. The Balaban J connectivity index is 1.26. The Morgan fingerprint density at radius 2 is 0.672 bits per heavy atom. The molecule has 7 heterocycles. The maximum atomic E-state index is 2.64. The van der Waals surface area contributed by atoms with Crippen molar-refractivity contribution in [1.82, 2.24) is 17.9 Å². The first kappa shape index (κ1) is 30.1. The van der Waals surface area contributed by atoms with Gasteiger partial charge >= 0.3 is 0 Å². The minimum absolute atomic E-state index is 0.255. The molecule has 0 saturated heterocycles. The molecule has 0 bridgehead atoms. The highest BCUT2D eigenvalue weighted by molar-refractivity contribution is 6.28. The number of aromatic nitrogens is 4. The van der Waals surface area contributed by atoms with E-state index < -0.39 is 0 Å². The fraction of sp³-hybridized carbons (Fsp3) is 0.111. The third-order valence-electron chi connectivity index (χ3n) is 14.8. The molecule has 0 saturated carbocycles. The van der Waals surface area contributed by atoms with Gasteiger partial charge in [-0.25, -0.2) is 0 Å². The molecule has 0 spiro atoms. The number of benzene rings is 8. The van der Waals surface area contributed by atoms with Crippen LogP contribution in [0.5, 0.6) is 0 Å². The molecule has 4 nitrogen and oxygen atoms in total. The van der Waals surface area contributed by atoms with Gasteiger partial charge in [-0.3, -0.25) is 0 Å². The summed E-state index contributed by atoms with van der Waals surface area (Å²) in [6.07, 6.45) is 0. The van der Waals surface area contributed by atoms with Crippen LogP contribution in [0.15, 0.2) is 146 Å². The molecule has 0 aliphatic carbocycles. The average Bonchev–Trinajstić information content (AvgIpc) is 3.98. The summed E-state index contributed by atoms with van der Waals surface area (Å²) < 4.78 is 10.5. The third-order valence-corrected chi connectivity index (χ3v) is 14.8. The van der Waals surface area contributed by atoms with Gasteiger partial charge in [0.25, 0.3) is 0 Å². The summed E-state index contributed by atoms with van der Waals surface area (Å²) in [6.45, 7) is 9.77. The SMILES string of the molecule is CC1(C)c2cc3c4c(c2-n2c5ccccc5c5cccc1c52)c1ccccc1n4c1cc2c(c4c5ccccc5n3c41)-n1c3ccccc3c3cccc(c31)C2(C)C. The molecule has 58 heavy (non-hydrogen) atoms. The van der Waals surface area contributed by atoms with Gasteiger partial charge in [0.1, 0.15) is 0 Å². The van der Waals surface area contributed by atoms with Gasteiger partial charge in [-0.15, -0.1) is 0 Å². The van der Waals surface area contributed by atoms with Crippen molar-refractivity contribution in [1.29, 1.82) is 0 Å². The maximum absolute atomic E-state index is 2.64. The van der Waals surface area contributed by atoms with Crippen molar-refractivity contribution in [2.75, 3.05) is 0 Å². The van der Waals surface area contributed by atoms with Crippen LogP contribution in [0.1, 0.15) is 49.9 Å². The molecule has 13 aromatic rings. The molecule has 15 rings (SSSR count). The van der Waals surface area contributed by atoms with Crippen LogP contribution in [0.4, 0.5) is 0 Å². The number of hydrogen-bond donors (Lipinski definition) is 0. The normalized spacial score (nSPS) is 15.5. The summed E-state index contributed by atoms with van der Waals surface area (Å²) in [4.78, 5) is 0. The highest BCUT2D eigenvalue weighted by Crippen LogP contribution is 2.56. The lowest BCUT2D eigenvalue weighted by atomic mass is 9.73. The molecule has 2 aliphatic rings. The topological polar surface area (TPSA) is 18.7 Å². The van der Waals surface area contributed by atoms with E-state index in [1.54, 1.807) is 0 Å². The van der Waals surface area contributed by atoms with Gasteiger partial charge in [-0.05, 0) is 58.7 Å². The van der Waals surface area contributed by atoms with Crippen molar-refractivity contribution in [3.63, 3.8) is 0 Å². The zero-order valence-electron chi connectivity index (χ0n) is 32.6. The lowest BCUT2D eigenvalue weighted by Crippen LogP contribution is -2.27. The van der Waals surface area contributed by atoms with E-state index in [0.29, 0.717) is 0 Å². The quantitative estimate of drug-likeness (QED) is 0.138. The van der Waals surface area contributed by atoms with Crippen LogP contribution in [0.2, 0.25) is 0 Å². The van der Waals surface area contributed by atoms with Crippen LogP contribution >= 0.6 is 0 Å². The second-order valence-corrected chi connectivity index (χ2v) is 18.1. The van der Waals surface area contributed by atoms with E-state index in [9.17, 15) is 0 Å². The van der Waals surface area contributed by atoms with E-state index in [-0.39, 0.29) is 10.8 Å². The summed E-state index contributed by atoms with van der Waals surface area (Å²) in [7, 11) is 0. The first-order valence-electron chi connectivity index (χ1n) is 20.6. The van der Waals surface area contributed by atoms with E-state index in [1.165, 1.54) is 132 Å². The third kappa shape index (κ3) is 3.02. The monoisotopic (exact) mass is 740 g/mol. The predicted molar refractivity (Wildman–Crippen MR) is 242 cm³/mol. The summed E-state index contributed by atoms with van der Waals surface area (Å²) in [5.74, 6) is 0. The van der Waals surface area contributed by atoms with E-state index in [1.807, 2.05) is 0 Å². The number of nitrogens with zero attached hydrogens (tertiary/aromatic N) is 4. The van der Waals surface area contributed by atoms with Crippen molar-refractivity contribution in [2.24, 2.45) is 0 Å². The van der Waals surface area contributed by atoms with Crippen LogP contribution in [0, 0.1) is 0 Å². The van der Waals surface area contributed by atoms with Gasteiger partial charge in [0.15, 0.2) is 0 Å². The standard InChI is InChI=1S/C54H36N4/c1-53(2)35-21-13-19-31-29-15-5-9-23-39(29)57(47(31)35)49-37(53)27-43-51-45(49)33-17-7-11-25-41(33)56(51)44-28-38-50(46-34-18-8-12-26-42(34)55(43)52(44)46)58-40-24-10-6-16-30(40)32-20-14-22-36(48(32)58)54(38,3)4/h5-28H,1-4H3. The maximum Gasteiger partial charge on any atom is 0.0804 e. The van der Waals surface area contributed by atoms with Crippen molar-refractivity contribution >= 4 is 98.3 Å². The van der Waals surface area contributed by atoms with Gasteiger partial charge in [0, 0.05) is 53.9 Å². The second kappa shape index (κ2) is 9.39. The van der Waals surface area contributed by atoms with E-state index in [2.05, 4.69) is 191 Å². The Hall–Kier alpha value is -7.04. The molecule has 0 unspecified atom stereocenters.